The summed E-state index contributed by atoms with van der Waals surface area (Å²) in [6.45, 7) is 0. The van der Waals surface area contributed by atoms with E-state index in [1.807, 2.05) is 41.9 Å². The Morgan fingerprint density at radius 1 is 0.564 bits per heavy atom. The molecule has 8 rings (SSSR count). The molecule has 0 amide bonds. The Hall–Kier alpha value is -4.73. The molecule has 8 aromatic rings. The maximum atomic E-state index is 5.50. The molecule has 2 heterocycles. The number of aromatic nitrogens is 1. The van der Waals surface area contributed by atoms with Crippen molar-refractivity contribution in [3.05, 3.63) is 122 Å². The number of benzene rings is 6. The first kappa shape index (κ1) is 22.3. The molecule has 0 saturated heterocycles. The van der Waals surface area contributed by atoms with Crippen molar-refractivity contribution in [2.75, 3.05) is 7.11 Å². The van der Waals surface area contributed by atoms with Crippen molar-refractivity contribution in [1.82, 2.24) is 4.98 Å². The number of methoxy groups -OCH3 is 1. The van der Waals surface area contributed by atoms with Gasteiger partial charge in [0.05, 0.1) is 7.11 Å². The summed E-state index contributed by atoms with van der Waals surface area (Å²) >= 11 is 1.90. The normalized spacial score (nSPS) is 11.7. The van der Waals surface area contributed by atoms with Gasteiger partial charge in [0, 0.05) is 43.5 Å². The first-order chi connectivity index (χ1) is 19.3. The van der Waals surface area contributed by atoms with Crippen molar-refractivity contribution in [2.24, 2.45) is 0 Å². The summed E-state index contributed by atoms with van der Waals surface area (Å²) in [5, 5.41) is 10.3. The highest BCUT2D eigenvalue weighted by Gasteiger charge is 2.21. The van der Waals surface area contributed by atoms with E-state index in [4.69, 9.17) is 4.74 Å². The van der Waals surface area contributed by atoms with Crippen LogP contribution in [0.5, 0.6) is 5.75 Å². The van der Waals surface area contributed by atoms with Crippen LogP contribution in [0, 0.1) is 0 Å². The molecule has 39 heavy (non-hydrogen) atoms. The van der Waals surface area contributed by atoms with Crippen molar-refractivity contribution in [3.8, 4) is 28.0 Å². The summed E-state index contributed by atoms with van der Waals surface area (Å²) in [5.74, 6) is 0.852. The molecular formula is C36H23NOS. The molecule has 0 spiro atoms. The van der Waals surface area contributed by atoms with E-state index in [1.54, 1.807) is 7.11 Å². The number of fused-ring (bicyclic) bond motifs is 9. The summed E-state index contributed by atoms with van der Waals surface area (Å²) in [6.07, 6.45) is 3.82. The molecule has 6 aromatic carbocycles. The summed E-state index contributed by atoms with van der Waals surface area (Å²) in [7, 11) is 1.71. The summed E-state index contributed by atoms with van der Waals surface area (Å²) in [6, 6.07) is 39.4. The van der Waals surface area contributed by atoms with Crippen LogP contribution in [0.25, 0.3) is 74.7 Å². The van der Waals surface area contributed by atoms with Crippen LogP contribution in [-0.4, -0.2) is 12.1 Å². The number of thiophene rings is 1. The third-order valence-electron chi connectivity index (χ3n) is 7.84. The number of hydrogen-bond acceptors (Lipinski definition) is 3. The van der Waals surface area contributed by atoms with E-state index in [0.717, 1.165) is 16.9 Å². The first-order valence-electron chi connectivity index (χ1n) is 13.1. The lowest BCUT2D eigenvalue weighted by atomic mass is 9.85. The molecule has 0 saturated carbocycles. The first-order valence-corrected chi connectivity index (χ1v) is 13.9. The number of hydrogen-bond donors (Lipinski definition) is 0. The predicted octanol–water partition coefficient (Wildman–Crippen LogP) is 10.3. The van der Waals surface area contributed by atoms with Gasteiger partial charge in [-0.1, -0.05) is 84.9 Å². The van der Waals surface area contributed by atoms with Gasteiger partial charge in [-0.2, -0.15) is 0 Å². The molecule has 2 nitrogen and oxygen atoms in total. The number of rotatable bonds is 3. The van der Waals surface area contributed by atoms with E-state index in [-0.39, 0.29) is 0 Å². The van der Waals surface area contributed by atoms with E-state index in [1.165, 1.54) is 63.6 Å². The predicted molar refractivity (Wildman–Crippen MR) is 167 cm³/mol. The standard InChI is InChI=1S/C36H23NOS/c1-38-25-15-12-23(13-16-25)32-29-17-18-30-34-26-9-3-2-7-22(26)14-19-31(34)39-36(30)35(29)28-11-5-4-10-27(28)33(32)24-8-6-20-37-21-24/h2-21H,1H3. The van der Waals surface area contributed by atoms with Gasteiger partial charge >= 0.3 is 0 Å². The second-order valence-corrected chi connectivity index (χ2v) is 10.9. The maximum absolute atomic E-state index is 5.50. The van der Waals surface area contributed by atoms with Crippen LogP contribution >= 0.6 is 11.3 Å². The zero-order chi connectivity index (χ0) is 25.9. The molecular weight excluding hydrogens is 494 g/mol. The van der Waals surface area contributed by atoms with Crippen molar-refractivity contribution >= 4 is 63.8 Å². The van der Waals surface area contributed by atoms with E-state index in [9.17, 15) is 0 Å². The van der Waals surface area contributed by atoms with Crippen molar-refractivity contribution in [3.63, 3.8) is 0 Å². The molecule has 0 aliphatic carbocycles. The van der Waals surface area contributed by atoms with Crippen LogP contribution in [0.1, 0.15) is 0 Å². The topological polar surface area (TPSA) is 22.1 Å². The number of ether oxygens (including phenoxy) is 1. The smallest absolute Gasteiger partial charge is 0.118 e. The molecule has 0 radical (unpaired) electrons. The average Bonchev–Trinajstić information content (AvgIpc) is 3.40. The van der Waals surface area contributed by atoms with Gasteiger partial charge in [0.25, 0.3) is 0 Å². The largest absolute Gasteiger partial charge is 0.497 e. The van der Waals surface area contributed by atoms with Crippen LogP contribution in [-0.2, 0) is 0 Å². The van der Waals surface area contributed by atoms with Crippen LogP contribution in [0.15, 0.2) is 122 Å². The third kappa shape index (κ3) is 3.30. The van der Waals surface area contributed by atoms with Gasteiger partial charge in [-0.3, -0.25) is 4.98 Å². The highest BCUT2D eigenvalue weighted by Crippen LogP contribution is 2.49. The molecule has 184 valence electrons. The Labute approximate surface area is 229 Å². The van der Waals surface area contributed by atoms with Crippen molar-refractivity contribution in [2.45, 2.75) is 0 Å². The van der Waals surface area contributed by atoms with Gasteiger partial charge in [-0.15, -0.1) is 11.3 Å². The highest BCUT2D eigenvalue weighted by atomic mass is 32.1. The minimum Gasteiger partial charge on any atom is -0.497 e. The number of pyridine rings is 1. The van der Waals surface area contributed by atoms with Gasteiger partial charge in [0.15, 0.2) is 0 Å². The minimum atomic E-state index is 0.852. The van der Waals surface area contributed by atoms with Gasteiger partial charge in [0.1, 0.15) is 5.75 Å². The van der Waals surface area contributed by atoms with Gasteiger partial charge in [-0.25, -0.2) is 0 Å². The molecule has 0 aliphatic rings. The lowest BCUT2D eigenvalue weighted by Crippen LogP contribution is -1.92. The zero-order valence-corrected chi connectivity index (χ0v) is 22.1. The second-order valence-electron chi connectivity index (χ2n) is 9.89. The fourth-order valence-corrected chi connectivity index (χ4v) is 7.42. The van der Waals surface area contributed by atoms with E-state index in [0.29, 0.717) is 0 Å². The van der Waals surface area contributed by atoms with Crippen LogP contribution in [0.2, 0.25) is 0 Å². The van der Waals surface area contributed by atoms with E-state index in [2.05, 4.69) is 96.0 Å². The Balaban J connectivity index is 1.61. The summed E-state index contributed by atoms with van der Waals surface area (Å²) in [5.41, 5.74) is 4.71. The molecule has 0 N–H and O–H groups in total. The van der Waals surface area contributed by atoms with Gasteiger partial charge in [-0.05, 0) is 67.9 Å². The maximum Gasteiger partial charge on any atom is 0.118 e. The minimum absolute atomic E-state index is 0.852. The average molecular weight is 518 g/mol. The lowest BCUT2D eigenvalue weighted by Gasteiger charge is -2.19. The SMILES string of the molecule is COc1ccc(-c2c(-c3cccnc3)c3ccccc3c3c2ccc2c3sc3ccc4ccccc4c32)cc1. The van der Waals surface area contributed by atoms with Crippen molar-refractivity contribution < 1.29 is 4.74 Å². The van der Waals surface area contributed by atoms with E-state index >= 15 is 0 Å². The second kappa shape index (κ2) is 8.65. The molecule has 0 atom stereocenters. The lowest BCUT2D eigenvalue weighted by molar-refractivity contribution is 0.415. The molecule has 3 heteroatoms. The fraction of sp³-hybridized carbons (Fsp3) is 0.0278. The zero-order valence-electron chi connectivity index (χ0n) is 21.3. The summed E-state index contributed by atoms with van der Waals surface area (Å²) < 4.78 is 8.15. The quantitative estimate of drug-likeness (QED) is 0.218. The molecule has 2 aromatic heterocycles. The Bertz CT molecular complexity index is 2190. The third-order valence-corrected chi connectivity index (χ3v) is 9.03. The number of nitrogens with zero attached hydrogens (tertiary/aromatic N) is 1. The van der Waals surface area contributed by atoms with Crippen molar-refractivity contribution in [1.29, 1.82) is 0 Å². The molecule has 0 fully saturated rings. The Morgan fingerprint density at radius 3 is 2.10 bits per heavy atom. The van der Waals surface area contributed by atoms with Gasteiger partial charge < -0.3 is 4.74 Å². The monoisotopic (exact) mass is 517 g/mol. The fourth-order valence-electron chi connectivity index (χ4n) is 6.14. The molecule has 0 unspecified atom stereocenters. The van der Waals surface area contributed by atoms with Crippen LogP contribution in [0.3, 0.4) is 0 Å². The molecule has 0 bridgehead atoms. The van der Waals surface area contributed by atoms with Crippen LogP contribution in [0.4, 0.5) is 0 Å². The Kier molecular flexibility index (Phi) is 4.94. The van der Waals surface area contributed by atoms with E-state index < -0.39 is 0 Å². The molecule has 0 aliphatic heterocycles. The van der Waals surface area contributed by atoms with Crippen LogP contribution < -0.4 is 4.74 Å². The van der Waals surface area contributed by atoms with Gasteiger partial charge in [0.2, 0.25) is 0 Å². The highest BCUT2D eigenvalue weighted by molar-refractivity contribution is 7.27. The Morgan fingerprint density at radius 2 is 1.31 bits per heavy atom. The summed E-state index contributed by atoms with van der Waals surface area (Å²) in [4.78, 5) is 4.50.